The molecule has 0 bridgehead atoms. The number of benzene rings is 1. The summed E-state index contributed by atoms with van der Waals surface area (Å²) >= 11 is 5.72. The van der Waals surface area contributed by atoms with Gasteiger partial charge in [-0.2, -0.15) is 13.1 Å². The lowest BCUT2D eigenvalue weighted by atomic mass is 10.3. The largest absolute Gasteiger partial charge is 0.480 e. The van der Waals surface area contributed by atoms with E-state index in [2.05, 4.69) is 4.72 Å². The Balaban J connectivity index is 3.07. The highest BCUT2D eigenvalue weighted by Crippen LogP contribution is 2.20. The predicted octanol–water partition coefficient (Wildman–Crippen LogP) is 1.48. The van der Waals surface area contributed by atoms with E-state index in [1.54, 1.807) is 0 Å². The zero-order valence-electron chi connectivity index (χ0n) is 10.3. The van der Waals surface area contributed by atoms with Crippen LogP contribution in [0.15, 0.2) is 24.3 Å². The molecule has 0 spiro atoms. The topological polar surface area (TPSA) is 86.7 Å². The molecule has 1 aromatic carbocycles. The molecule has 0 aliphatic carbocycles. The molecule has 1 aromatic rings. The predicted molar refractivity (Wildman–Crippen MR) is 73.6 cm³/mol. The number of nitrogens with zero attached hydrogens (tertiary/aromatic N) is 1. The van der Waals surface area contributed by atoms with Crippen molar-refractivity contribution in [3.05, 3.63) is 29.3 Å². The minimum Gasteiger partial charge on any atom is -0.480 e. The summed E-state index contributed by atoms with van der Waals surface area (Å²) in [6, 6.07) is 5.91. The van der Waals surface area contributed by atoms with Gasteiger partial charge >= 0.3 is 16.2 Å². The zero-order chi connectivity index (χ0) is 14.5. The molecule has 0 fully saturated rings. The first-order valence-corrected chi connectivity index (χ1v) is 7.43. The number of nitrogens with one attached hydrogen (secondary N) is 1. The van der Waals surface area contributed by atoms with Crippen molar-refractivity contribution in [2.24, 2.45) is 0 Å². The monoisotopic (exact) mass is 306 g/mol. The molecule has 0 saturated carbocycles. The molecule has 0 saturated heterocycles. The van der Waals surface area contributed by atoms with Crippen LogP contribution in [-0.4, -0.2) is 32.6 Å². The van der Waals surface area contributed by atoms with Gasteiger partial charge < -0.3 is 5.11 Å². The van der Waals surface area contributed by atoms with Gasteiger partial charge in [0.15, 0.2) is 0 Å². The number of hydrogen-bond donors (Lipinski definition) is 2. The smallest absolute Gasteiger partial charge is 0.324 e. The Morgan fingerprint density at radius 3 is 2.42 bits per heavy atom. The Morgan fingerprint density at radius 1 is 1.37 bits per heavy atom. The van der Waals surface area contributed by atoms with E-state index in [-0.39, 0.29) is 12.2 Å². The molecule has 8 heteroatoms. The van der Waals surface area contributed by atoms with Crippen LogP contribution in [0, 0.1) is 0 Å². The molecule has 1 rings (SSSR count). The third-order valence-electron chi connectivity index (χ3n) is 2.22. The second-order valence-corrected chi connectivity index (χ2v) is 5.89. The molecule has 0 unspecified atom stereocenters. The SMILES string of the molecule is CCCNS(=O)(=O)N(CC(=O)O)c1ccc(Cl)cc1. The van der Waals surface area contributed by atoms with Crippen LogP contribution in [0.25, 0.3) is 0 Å². The van der Waals surface area contributed by atoms with Gasteiger partial charge in [0.25, 0.3) is 0 Å². The third-order valence-corrected chi connectivity index (χ3v) is 3.96. The van der Waals surface area contributed by atoms with E-state index in [4.69, 9.17) is 16.7 Å². The van der Waals surface area contributed by atoms with Gasteiger partial charge in [0, 0.05) is 11.6 Å². The van der Waals surface area contributed by atoms with Crippen molar-refractivity contribution < 1.29 is 18.3 Å². The fourth-order valence-electron chi connectivity index (χ4n) is 1.35. The minimum atomic E-state index is -3.89. The van der Waals surface area contributed by atoms with E-state index in [0.717, 1.165) is 4.31 Å². The minimum absolute atomic E-state index is 0.242. The summed E-state index contributed by atoms with van der Waals surface area (Å²) in [5, 5.41) is 9.27. The van der Waals surface area contributed by atoms with Gasteiger partial charge in [-0.3, -0.25) is 4.79 Å². The summed E-state index contributed by atoms with van der Waals surface area (Å²) in [5.74, 6) is -1.24. The third kappa shape index (κ3) is 4.70. The molecule has 0 aromatic heterocycles. The van der Waals surface area contributed by atoms with Gasteiger partial charge in [-0.15, -0.1) is 0 Å². The van der Waals surface area contributed by atoms with Crippen molar-refractivity contribution in [1.29, 1.82) is 0 Å². The highest BCUT2D eigenvalue weighted by molar-refractivity contribution is 7.90. The lowest BCUT2D eigenvalue weighted by Gasteiger charge is -2.22. The molecule has 19 heavy (non-hydrogen) atoms. The number of hydrogen-bond acceptors (Lipinski definition) is 3. The Morgan fingerprint density at radius 2 is 1.95 bits per heavy atom. The quantitative estimate of drug-likeness (QED) is 0.799. The molecule has 0 aliphatic rings. The van der Waals surface area contributed by atoms with E-state index < -0.39 is 22.7 Å². The average Bonchev–Trinajstić information content (AvgIpc) is 2.34. The van der Waals surface area contributed by atoms with Crippen molar-refractivity contribution >= 4 is 33.5 Å². The van der Waals surface area contributed by atoms with Crippen LogP contribution in [0.2, 0.25) is 5.02 Å². The first-order chi connectivity index (χ1) is 8.86. The number of carboxylic acids is 1. The Kier molecular flexibility index (Phi) is 5.59. The van der Waals surface area contributed by atoms with E-state index in [1.165, 1.54) is 24.3 Å². The van der Waals surface area contributed by atoms with Crippen LogP contribution in [0.5, 0.6) is 0 Å². The Labute approximate surface area is 117 Å². The number of aliphatic carboxylic acids is 1. The lowest BCUT2D eigenvalue weighted by Crippen LogP contribution is -2.43. The highest BCUT2D eigenvalue weighted by atomic mass is 35.5. The number of halogens is 1. The van der Waals surface area contributed by atoms with Crippen LogP contribution in [0.3, 0.4) is 0 Å². The molecule has 0 heterocycles. The molecule has 0 aliphatic heterocycles. The molecule has 6 nitrogen and oxygen atoms in total. The molecule has 0 atom stereocenters. The Hall–Kier alpha value is -1.31. The summed E-state index contributed by atoms with van der Waals surface area (Å²) in [6.07, 6.45) is 0.612. The van der Waals surface area contributed by atoms with E-state index >= 15 is 0 Å². The molecular formula is C11H15ClN2O4S. The van der Waals surface area contributed by atoms with Gasteiger partial charge in [0.05, 0.1) is 5.69 Å². The summed E-state index contributed by atoms with van der Waals surface area (Å²) in [6.45, 7) is 1.40. The molecule has 0 amide bonds. The summed E-state index contributed by atoms with van der Waals surface area (Å²) < 4.78 is 27.2. The maximum Gasteiger partial charge on any atom is 0.324 e. The second kappa shape index (κ2) is 6.74. The van der Waals surface area contributed by atoms with Crippen molar-refractivity contribution in [2.75, 3.05) is 17.4 Å². The molecular weight excluding hydrogens is 292 g/mol. The van der Waals surface area contributed by atoms with Gasteiger partial charge in [-0.1, -0.05) is 18.5 Å². The first kappa shape index (κ1) is 15.7. The summed E-state index contributed by atoms with van der Waals surface area (Å²) in [5.41, 5.74) is 0.246. The maximum atomic E-state index is 12.0. The average molecular weight is 307 g/mol. The highest BCUT2D eigenvalue weighted by Gasteiger charge is 2.24. The fraction of sp³-hybridized carbons (Fsp3) is 0.364. The fourth-order valence-corrected chi connectivity index (χ4v) is 2.78. The normalized spacial score (nSPS) is 11.3. The standard InChI is InChI=1S/C11H15ClN2O4S/c1-2-7-13-19(17,18)14(8-11(15)16)10-5-3-9(12)4-6-10/h3-6,13H,2,7-8H2,1H3,(H,15,16). The Bertz CT molecular complexity index is 530. The number of carboxylic acid groups (broad SMARTS) is 1. The van der Waals surface area contributed by atoms with Crippen LogP contribution < -0.4 is 9.03 Å². The van der Waals surface area contributed by atoms with Crippen LogP contribution in [0.4, 0.5) is 5.69 Å². The van der Waals surface area contributed by atoms with Crippen LogP contribution in [-0.2, 0) is 15.0 Å². The number of anilines is 1. The van der Waals surface area contributed by atoms with Gasteiger partial charge in [0.2, 0.25) is 0 Å². The van der Waals surface area contributed by atoms with E-state index in [0.29, 0.717) is 11.4 Å². The summed E-state index contributed by atoms with van der Waals surface area (Å²) in [7, 11) is -3.89. The van der Waals surface area contributed by atoms with E-state index in [1.807, 2.05) is 6.92 Å². The first-order valence-electron chi connectivity index (χ1n) is 5.61. The lowest BCUT2D eigenvalue weighted by molar-refractivity contribution is -0.135. The van der Waals surface area contributed by atoms with Crippen molar-refractivity contribution in [2.45, 2.75) is 13.3 Å². The van der Waals surface area contributed by atoms with Gasteiger partial charge in [-0.05, 0) is 30.7 Å². The van der Waals surface area contributed by atoms with Gasteiger partial charge in [-0.25, -0.2) is 4.31 Å². The van der Waals surface area contributed by atoms with Crippen molar-refractivity contribution in [3.63, 3.8) is 0 Å². The zero-order valence-corrected chi connectivity index (χ0v) is 11.9. The van der Waals surface area contributed by atoms with Crippen molar-refractivity contribution in [1.82, 2.24) is 4.72 Å². The van der Waals surface area contributed by atoms with Gasteiger partial charge in [0.1, 0.15) is 6.54 Å². The number of carbonyl (C=O) groups is 1. The van der Waals surface area contributed by atoms with Crippen molar-refractivity contribution in [3.8, 4) is 0 Å². The van der Waals surface area contributed by atoms with Crippen LogP contribution in [0.1, 0.15) is 13.3 Å². The van der Waals surface area contributed by atoms with E-state index in [9.17, 15) is 13.2 Å². The van der Waals surface area contributed by atoms with Crippen LogP contribution >= 0.6 is 11.6 Å². The maximum absolute atomic E-state index is 12.0. The molecule has 0 radical (unpaired) electrons. The summed E-state index contributed by atoms with van der Waals surface area (Å²) in [4.78, 5) is 10.8. The molecule has 2 N–H and O–H groups in total. The second-order valence-electron chi connectivity index (χ2n) is 3.78. The number of rotatable bonds is 7. The molecule has 106 valence electrons.